The van der Waals surface area contributed by atoms with Crippen LogP contribution in [-0.2, 0) is 9.53 Å². The van der Waals surface area contributed by atoms with Gasteiger partial charge in [-0.1, -0.05) is 0 Å². The van der Waals surface area contributed by atoms with Gasteiger partial charge < -0.3 is 9.64 Å². The zero-order valence-electron chi connectivity index (χ0n) is 11.7. The van der Waals surface area contributed by atoms with Crippen LogP contribution in [0.4, 0.5) is 5.69 Å². The number of nitro benzene ring substituents is 1. The highest BCUT2D eigenvalue weighted by Gasteiger charge is 2.41. The number of non-ortho nitro benzene ring substituents is 1. The molecule has 3 atom stereocenters. The van der Waals surface area contributed by atoms with Gasteiger partial charge in [-0.2, -0.15) is 0 Å². The highest BCUT2D eigenvalue weighted by molar-refractivity contribution is 5.81. The number of nitrogens with one attached hydrogen (secondary N) is 1. The minimum absolute atomic E-state index is 0.00870. The molecule has 1 N–H and O–H groups in total. The summed E-state index contributed by atoms with van der Waals surface area (Å²) in [6, 6.07) is 6.37. The molecule has 1 aromatic rings. The number of benzene rings is 1. The lowest BCUT2D eigenvalue weighted by Crippen LogP contribution is -2.43. The minimum atomic E-state index is -0.429. The maximum Gasteiger partial charge on any atom is 0.269 e. The van der Waals surface area contributed by atoms with E-state index < -0.39 is 4.92 Å². The lowest BCUT2D eigenvalue weighted by molar-refractivity contribution is -0.384. The summed E-state index contributed by atoms with van der Waals surface area (Å²) >= 11 is 0. The molecule has 7 nitrogen and oxygen atoms in total. The number of nitro groups is 1. The predicted octanol–water partition coefficient (Wildman–Crippen LogP) is 1.20. The Balaban J connectivity index is 1.86. The Morgan fingerprint density at radius 2 is 2.10 bits per heavy atom. The first-order chi connectivity index (χ1) is 10.1. The molecule has 2 saturated heterocycles. The smallest absolute Gasteiger partial charge is 0.269 e. The van der Waals surface area contributed by atoms with E-state index in [-0.39, 0.29) is 36.5 Å². The van der Waals surface area contributed by atoms with Gasteiger partial charge in [0, 0.05) is 18.7 Å². The number of ether oxygens (including phenoxy) is 1. The number of amides is 1. The van der Waals surface area contributed by atoms with Gasteiger partial charge in [0.15, 0.2) is 0 Å². The highest BCUT2D eigenvalue weighted by Crippen LogP contribution is 2.31. The standard InChI is InChI=1S/C14H17N3O4/c1-9-12(6-7-21-9)16-13(18)8-15-14(16)10-2-4-11(5-3-10)17(19)20/h2-5,9,12,14-15H,6-8H2,1H3. The second-order valence-corrected chi connectivity index (χ2v) is 5.37. The average Bonchev–Trinajstić information content (AvgIpc) is 3.04. The molecule has 0 radical (unpaired) electrons. The van der Waals surface area contributed by atoms with Crippen LogP contribution in [0.5, 0.6) is 0 Å². The van der Waals surface area contributed by atoms with Crippen molar-refractivity contribution < 1.29 is 14.5 Å². The van der Waals surface area contributed by atoms with Crippen LogP contribution in [0.2, 0.25) is 0 Å². The van der Waals surface area contributed by atoms with Crippen LogP contribution < -0.4 is 5.32 Å². The van der Waals surface area contributed by atoms with Crippen molar-refractivity contribution in [2.75, 3.05) is 13.2 Å². The quantitative estimate of drug-likeness (QED) is 0.668. The van der Waals surface area contributed by atoms with E-state index in [1.165, 1.54) is 12.1 Å². The van der Waals surface area contributed by atoms with Crippen LogP contribution in [0.3, 0.4) is 0 Å². The third-order valence-electron chi connectivity index (χ3n) is 4.13. The lowest BCUT2D eigenvalue weighted by atomic mass is 10.1. The van der Waals surface area contributed by atoms with E-state index in [0.717, 1.165) is 12.0 Å². The summed E-state index contributed by atoms with van der Waals surface area (Å²) in [4.78, 5) is 24.3. The van der Waals surface area contributed by atoms with Gasteiger partial charge in [0.25, 0.3) is 5.69 Å². The van der Waals surface area contributed by atoms with Gasteiger partial charge in [-0.25, -0.2) is 0 Å². The molecular weight excluding hydrogens is 274 g/mol. The van der Waals surface area contributed by atoms with Crippen molar-refractivity contribution in [2.24, 2.45) is 0 Å². The Morgan fingerprint density at radius 3 is 2.67 bits per heavy atom. The molecule has 3 unspecified atom stereocenters. The minimum Gasteiger partial charge on any atom is -0.376 e. The van der Waals surface area contributed by atoms with Gasteiger partial charge in [-0.15, -0.1) is 0 Å². The summed E-state index contributed by atoms with van der Waals surface area (Å²) in [6.45, 7) is 2.91. The van der Waals surface area contributed by atoms with E-state index in [0.29, 0.717) is 6.61 Å². The van der Waals surface area contributed by atoms with Crippen LogP contribution in [0.25, 0.3) is 0 Å². The second-order valence-electron chi connectivity index (χ2n) is 5.37. The predicted molar refractivity (Wildman–Crippen MR) is 74.5 cm³/mol. The average molecular weight is 291 g/mol. The van der Waals surface area contributed by atoms with Crippen molar-refractivity contribution in [2.45, 2.75) is 31.7 Å². The number of nitrogens with zero attached hydrogens (tertiary/aromatic N) is 2. The fraction of sp³-hybridized carbons (Fsp3) is 0.500. The summed E-state index contributed by atoms with van der Waals surface area (Å²) in [6.07, 6.45) is 0.583. The molecule has 0 aromatic heterocycles. The number of rotatable bonds is 3. The van der Waals surface area contributed by atoms with Crippen LogP contribution in [0.1, 0.15) is 25.1 Å². The second kappa shape index (κ2) is 5.42. The molecular formula is C14H17N3O4. The van der Waals surface area contributed by atoms with Crippen LogP contribution >= 0.6 is 0 Å². The van der Waals surface area contributed by atoms with Gasteiger partial charge in [0.1, 0.15) is 6.17 Å². The highest BCUT2D eigenvalue weighted by atomic mass is 16.6. The Hall–Kier alpha value is -1.99. The van der Waals surface area contributed by atoms with Crippen molar-refractivity contribution in [3.8, 4) is 0 Å². The van der Waals surface area contributed by atoms with E-state index in [2.05, 4.69) is 5.32 Å². The number of carbonyl (C=O) groups excluding carboxylic acids is 1. The first-order valence-corrected chi connectivity index (χ1v) is 6.98. The molecule has 2 fully saturated rings. The molecule has 0 bridgehead atoms. The maximum atomic E-state index is 12.2. The molecule has 3 rings (SSSR count). The Morgan fingerprint density at radius 1 is 1.38 bits per heavy atom. The molecule has 1 aromatic carbocycles. The molecule has 112 valence electrons. The maximum absolute atomic E-state index is 12.2. The molecule has 21 heavy (non-hydrogen) atoms. The third kappa shape index (κ3) is 2.50. The van der Waals surface area contributed by atoms with E-state index in [1.54, 1.807) is 12.1 Å². The molecule has 2 aliphatic rings. The molecule has 0 saturated carbocycles. The molecule has 2 aliphatic heterocycles. The van der Waals surface area contributed by atoms with Crippen molar-refractivity contribution in [3.63, 3.8) is 0 Å². The first kappa shape index (κ1) is 14.0. The topological polar surface area (TPSA) is 84.7 Å². The van der Waals surface area contributed by atoms with Gasteiger partial charge in [-0.05, 0) is 31.0 Å². The normalized spacial score (nSPS) is 29.1. The summed E-state index contributed by atoms with van der Waals surface area (Å²) < 4.78 is 5.55. The molecule has 2 heterocycles. The lowest BCUT2D eigenvalue weighted by Gasteiger charge is -2.32. The van der Waals surface area contributed by atoms with Crippen LogP contribution in [0, 0.1) is 10.1 Å². The number of hydrogen-bond donors (Lipinski definition) is 1. The monoisotopic (exact) mass is 291 g/mol. The fourth-order valence-corrected chi connectivity index (χ4v) is 3.04. The largest absolute Gasteiger partial charge is 0.376 e. The fourth-order valence-electron chi connectivity index (χ4n) is 3.04. The Kier molecular flexibility index (Phi) is 3.60. The zero-order chi connectivity index (χ0) is 15.0. The SMILES string of the molecule is CC1OCCC1N1C(=O)CNC1c1ccc([N+](=O)[O-])cc1. The molecule has 1 amide bonds. The van der Waals surface area contributed by atoms with Crippen molar-refractivity contribution in [3.05, 3.63) is 39.9 Å². The number of carbonyl (C=O) groups is 1. The summed E-state index contributed by atoms with van der Waals surface area (Å²) in [5.41, 5.74) is 0.901. The zero-order valence-corrected chi connectivity index (χ0v) is 11.7. The molecule has 7 heteroatoms. The van der Waals surface area contributed by atoms with Gasteiger partial charge >= 0.3 is 0 Å². The number of hydrogen-bond acceptors (Lipinski definition) is 5. The van der Waals surface area contributed by atoms with E-state index >= 15 is 0 Å². The van der Waals surface area contributed by atoms with Crippen molar-refractivity contribution in [1.82, 2.24) is 10.2 Å². The summed E-state index contributed by atoms with van der Waals surface area (Å²) in [5.74, 6) is 0.0423. The van der Waals surface area contributed by atoms with Crippen molar-refractivity contribution >= 4 is 11.6 Å². The molecule has 0 aliphatic carbocycles. The Labute approximate surface area is 122 Å². The van der Waals surface area contributed by atoms with E-state index in [4.69, 9.17) is 4.74 Å². The van der Waals surface area contributed by atoms with E-state index in [9.17, 15) is 14.9 Å². The Bertz CT molecular complexity index is 560. The summed E-state index contributed by atoms with van der Waals surface area (Å²) in [7, 11) is 0. The van der Waals surface area contributed by atoms with E-state index in [1.807, 2.05) is 11.8 Å². The third-order valence-corrected chi connectivity index (χ3v) is 4.13. The first-order valence-electron chi connectivity index (χ1n) is 6.98. The van der Waals surface area contributed by atoms with Gasteiger partial charge in [0.2, 0.25) is 5.91 Å². The van der Waals surface area contributed by atoms with Gasteiger partial charge in [-0.3, -0.25) is 20.2 Å². The van der Waals surface area contributed by atoms with Crippen LogP contribution in [-0.4, -0.2) is 41.0 Å². The summed E-state index contributed by atoms with van der Waals surface area (Å²) in [5, 5.41) is 13.9. The van der Waals surface area contributed by atoms with Crippen LogP contribution in [0.15, 0.2) is 24.3 Å². The van der Waals surface area contributed by atoms with Crippen molar-refractivity contribution in [1.29, 1.82) is 0 Å². The van der Waals surface area contributed by atoms with Gasteiger partial charge in [0.05, 0.1) is 23.6 Å². The molecule has 0 spiro atoms.